The lowest BCUT2D eigenvalue weighted by Crippen LogP contribution is -2.50. The van der Waals surface area contributed by atoms with Crippen molar-refractivity contribution in [2.24, 2.45) is 5.73 Å². The minimum atomic E-state index is -0.697. The van der Waals surface area contributed by atoms with Gasteiger partial charge in [-0.2, -0.15) is 0 Å². The van der Waals surface area contributed by atoms with E-state index in [2.05, 4.69) is 5.32 Å². The molecule has 1 fully saturated rings. The second-order valence-corrected chi connectivity index (χ2v) is 6.56. The summed E-state index contributed by atoms with van der Waals surface area (Å²) < 4.78 is 17.1. The van der Waals surface area contributed by atoms with Crippen molar-refractivity contribution in [1.29, 1.82) is 0 Å². The van der Waals surface area contributed by atoms with Crippen molar-refractivity contribution in [2.45, 2.75) is 24.9 Å². The van der Waals surface area contributed by atoms with Gasteiger partial charge in [-0.05, 0) is 42.5 Å². The molecule has 0 aliphatic carbocycles. The zero-order valence-corrected chi connectivity index (χ0v) is 15.2. The number of carbonyl (C=O) groups excluding carboxylic acids is 2. The molecule has 3 N–H and O–H groups in total. The van der Waals surface area contributed by atoms with Gasteiger partial charge >= 0.3 is 6.03 Å². The van der Waals surface area contributed by atoms with Gasteiger partial charge in [0.15, 0.2) is 11.5 Å². The maximum absolute atomic E-state index is 12.2. The van der Waals surface area contributed by atoms with Crippen molar-refractivity contribution in [3.05, 3.63) is 23.3 Å². The van der Waals surface area contributed by atoms with Crippen LogP contribution in [-0.4, -0.2) is 57.3 Å². The van der Waals surface area contributed by atoms with E-state index >= 15 is 0 Å². The van der Waals surface area contributed by atoms with Gasteiger partial charge in [-0.3, -0.25) is 4.79 Å². The molecule has 8 nitrogen and oxygen atoms in total. The molecule has 1 saturated heterocycles. The molecule has 1 aromatic rings. The Morgan fingerprint density at radius 2 is 1.88 bits per heavy atom. The Morgan fingerprint density at radius 3 is 2.50 bits per heavy atom. The number of likely N-dealkylation sites (tertiary alicyclic amines) is 1. The fourth-order valence-corrected chi connectivity index (χ4v) is 3.79. The largest absolute Gasteiger partial charge is 0.493 e. The number of hydrogen-bond acceptors (Lipinski definition) is 5. The highest BCUT2D eigenvalue weighted by Gasteiger charge is 2.42. The molecule has 3 amide bonds. The number of piperidine rings is 1. The number of ether oxygens (including phenoxy) is 3. The Kier molecular flexibility index (Phi) is 5.22. The number of benzene rings is 1. The summed E-state index contributed by atoms with van der Waals surface area (Å²) in [4.78, 5) is 24.7. The molecule has 0 bridgehead atoms. The van der Waals surface area contributed by atoms with E-state index in [0.29, 0.717) is 44.0 Å². The minimum Gasteiger partial charge on any atom is -0.493 e. The van der Waals surface area contributed by atoms with Crippen molar-refractivity contribution in [2.75, 3.05) is 40.5 Å². The molecule has 1 aromatic carbocycles. The normalized spacial score (nSPS) is 18.2. The first kappa shape index (κ1) is 18.3. The highest BCUT2D eigenvalue weighted by atomic mass is 16.5. The lowest BCUT2D eigenvalue weighted by Gasteiger charge is -2.45. The fourth-order valence-electron chi connectivity index (χ4n) is 3.79. The summed E-state index contributed by atoms with van der Waals surface area (Å²) in [5, 5.41) is 2.34. The molecule has 2 aliphatic rings. The molecule has 0 radical (unpaired) electrons. The van der Waals surface area contributed by atoms with Gasteiger partial charge in [-0.25, -0.2) is 4.79 Å². The lowest BCUT2D eigenvalue weighted by molar-refractivity contribution is -0.139. The van der Waals surface area contributed by atoms with Crippen molar-refractivity contribution in [3.8, 4) is 11.5 Å². The van der Waals surface area contributed by atoms with Crippen LogP contribution in [0.3, 0.4) is 0 Å². The molecule has 0 atom stereocenters. The van der Waals surface area contributed by atoms with Gasteiger partial charge in [-0.15, -0.1) is 0 Å². The first-order valence-electron chi connectivity index (χ1n) is 8.69. The Balaban J connectivity index is 1.77. The van der Waals surface area contributed by atoms with E-state index < -0.39 is 11.6 Å². The molecule has 8 heteroatoms. The number of fused-ring (bicyclic) bond motifs is 2. The molecular weight excluding hydrogens is 338 g/mol. The Hall–Kier alpha value is -2.48. The Labute approximate surface area is 152 Å². The number of nitrogens with one attached hydrogen (secondary N) is 1. The van der Waals surface area contributed by atoms with Crippen molar-refractivity contribution < 1.29 is 23.8 Å². The van der Waals surface area contributed by atoms with Crippen LogP contribution in [0.1, 0.15) is 24.0 Å². The molecule has 0 saturated carbocycles. The van der Waals surface area contributed by atoms with E-state index in [9.17, 15) is 9.59 Å². The fraction of sp³-hybridized carbons (Fsp3) is 0.556. The second-order valence-electron chi connectivity index (χ2n) is 6.56. The van der Waals surface area contributed by atoms with Gasteiger partial charge in [0.25, 0.3) is 0 Å². The second kappa shape index (κ2) is 7.41. The summed E-state index contributed by atoms with van der Waals surface area (Å²) in [6.07, 6.45) is 2.21. The summed E-state index contributed by atoms with van der Waals surface area (Å²) >= 11 is 0. The number of methoxy groups -OCH3 is 2. The monoisotopic (exact) mass is 363 g/mol. The predicted octanol–water partition coefficient (Wildman–Crippen LogP) is 0.763. The number of amides is 3. The van der Waals surface area contributed by atoms with Crippen LogP contribution < -0.4 is 20.5 Å². The quantitative estimate of drug-likeness (QED) is 0.822. The van der Waals surface area contributed by atoms with Gasteiger partial charge in [0, 0.05) is 13.1 Å². The molecule has 142 valence electrons. The Bertz CT molecular complexity index is 698. The van der Waals surface area contributed by atoms with Crippen molar-refractivity contribution in [1.82, 2.24) is 10.2 Å². The van der Waals surface area contributed by atoms with Crippen LogP contribution in [0, 0.1) is 0 Å². The van der Waals surface area contributed by atoms with E-state index in [1.165, 1.54) is 5.56 Å². The third-order valence-corrected chi connectivity index (χ3v) is 5.19. The lowest BCUT2D eigenvalue weighted by atomic mass is 9.79. The zero-order valence-electron chi connectivity index (χ0n) is 15.2. The third-order valence-electron chi connectivity index (χ3n) is 5.19. The number of rotatable bonds is 4. The minimum absolute atomic E-state index is 0.0786. The number of nitrogens with zero attached hydrogens (tertiary/aromatic N) is 1. The molecule has 2 heterocycles. The number of carbonyl (C=O) groups is 2. The zero-order chi connectivity index (χ0) is 18.7. The molecule has 26 heavy (non-hydrogen) atoms. The van der Waals surface area contributed by atoms with Crippen molar-refractivity contribution in [3.63, 3.8) is 0 Å². The molecular formula is C18H25N3O5. The predicted molar refractivity (Wildman–Crippen MR) is 94.3 cm³/mol. The first-order valence-corrected chi connectivity index (χ1v) is 8.69. The van der Waals surface area contributed by atoms with Crippen LogP contribution in [0.25, 0.3) is 0 Å². The van der Waals surface area contributed by atoms with E-state index in [0.717, 1.165) is 12.0 Å². The molecule has 1 spiro atoms. The summed E-state index contributed by atoms with van der Waals surface area (Å²) in [5.74, 6) is 1.26. The van der Waals surface area contributed by atoms with Crippen LogP contribution >= 0.6 is 0 Å². The number of hydrogen-bond donors (Lipinski definition) is 2. The van der Waals surface area contributed by atoms with Crippen LogP contribution in [0.5, 0.6) is 11.5 Å². The number of urea groups is 1. The van der Waals surface area contributed by atoms with Gasteiger partial charge in [0.2, 0.25) is 5.91 Å². The standard InChI is InChI=1S/C18H25N3O5/c1-24-14-9-12-3-8-26-18(13(12)10-15(14)25-2)4-6-21(7-5-18)16(22)11-20-17(19)23/h9-10H,3-8,11H2,1-2H3,(H3,19,20,23). The highest BCUT2D eigenvalue weighted by molar-refractivity contribution is 5.83. The Morgan fingerprint density at radius 1 is 1.23 bits per heavy atom. The van der Waals surface area contributed by atoms with Crippen LogP contribution in [0.15, 0.2) is 12.1 Å². The van der Waals surface area contributed by atoms with Crippen LogP contribution in [-0.2, 0) is 21.6 Å². The number of nitrogens with two attached hydrogens (primary N) is 1. The summed E-state index contributed by atoms with van der Waals surface area (Å²) in [7, 11) is 3.25. The number of primary amides is 1. The topological polar surface area (TPSA) is 103 Å². The van der Waals surface area contributed by atoms with E-state index in [4.69, 9.17) is 19.9 Å². The molecule has 3 rings (SSSR count). The van der Waals surface area contributed by atoms with Crippen LogP contribution in [0.4, 0.5) is 4.79 Å². The smallest absolute Gasteiger partial charge is 0.312 e. The SMILES string of the molecule is COc1cc2c(cc1OC)C1(CCN(C(=O)CNC(N)=O)CC1)OCC2. The average molecular weight is 363 g/mol. The van der Waals surface area contributed by atoms with E-state index in [1.54, 1.807) is 19.1 Å². The molecule has 0 unspecified atom stereocenters. The maximum Gasteiger partial charge on any atom is 0.312 e. The van der Waals surface area contributed by atoms with Crippen molar-refractivity contribution >= 4 is 11.9 Å². The van der Waals surface area contributed by atoms with Gasteiger partial charge < -0.3 is 30.2 Å². The maximum atomic E-state index is 12.2. The summed E-state index contributed by atoms with van der Waals surface area (Å²) in [6.45, 7) is 1.69. The molecule has 2 aliphatic heterocycles. The third kappa shape index (κ3) is 3.41. The van der Waals surface area contributed by atoms with Gasteiger partial charge in [0.1, 0.15) is 0 Å². The van der Waals surface area contributed by atoms with E-state index in [1.807, 2.05) is 12.1 Å². The summed E-state index contributed by atoms with van der Waals surface area (Å²) in [6, 6.07) is 3.32. The molecule has 0 aromatic heterocycles. The van der Waals surface area contributed by atoms with Gasteiger partial charge in [-0.1, -0.05) is 0 Å². The average Bonchev–Trinajstić information content (AvgIpc) is 2.66. The first-order chi connectivity index (χ1) is 12.5. The van der Waals surface area contributed by atoms with Gasteiger partial charge in [0.05, 0.1) is 33.0 Å². The van der Waals surface area contributed by atoms with E-state index in [-0.39, 0.29) is 12.5 Å². The van der Waals surface area contributed by atoms with Crippen LogP contribution in [0.2, 0.25) is 0 Å². The summed E-state index contributed by atoms with van der Waals surface area (Å²) in [5.41, 5.74) is 6.92. The highest BCUT2D eigenvalue weighted by Crippen LogP contribution is 2.45.